The zero-order chi connectivity index (χ0) is 19.2. The molecule has 144 valence electrons. The monoisotopic (exact) mass is 376 g/mol. The molecule has 6 nitrogen and oxygen atoms in total. The van der Waals surface area contributed by atoms with Gasteiger partial charge in [-0.3, -0.25) is 0 Å². The Morgan fingerprint density at radius 3 is 2.50 bits per heavy atom. The van der Waals surface area contributed by atoms with Gasteiger partial charge in [-0.2, -0.15) is 0 Å². The molecule has 1 fully saturated rings. The third-order valence-corrected chi connectivity index (χ3v) is 4.53. The van der Waals surface area contributed by atoms with Gasteiger partial charge in [0.25, 0.3) is 0 Å². The lowest BCUT2D eigenvalue weighted by molar-refractivity contribution is 0.122. The first-order valence-corrected chi connectivity index (χ1v) is 9.48. The van der Waals surface area contributed by atoms with Crippen molar-refractivity contribution in [2.45, 2.75) is 13.5 Å². The summed E-state index contributed by atoms with van der Waals surface area (Å²) in [6.45, 7) is 5.64. The highest BCUT2D eigenvalue weighted by Gasteiger charge is 2.14. The minimum Gasteiger partial charge on any atom is -0.489 e. The van der Waals surface area contributed by atoms with Gasteiger partial charge < -0.3 is 19.7 Å². The molecule has 4 rings (SSSR count). The number of nitrogens with one attached hydrogen (secondary N) is 1. The Labute approximate surface area is 165 Å². The average molecular weight is 376 g/mol. The highest BCUT2D eigenvalue weighted by Crippen LogP contribution is 2.23. The number of nitrogens with zero attached hydrogens (tertiary/aromatic N) is 3. The lowest BCUT2D eigenvalue weighted by atomic mass is 10.2. The smallest absolute Gasteiger partial charge is 0.136 e. The standard InChI is InChI=1S/C22H24N4O2/c1-17-23-21(15-22(24-17)26-11-13-27-14-12-26)25-19-7-9-20(10-8-19)28-16-18-5-3-2-4-6-18/h2-10,15H,11-14,16H2,1H3,(H,23,24,25). The van der Waals surface area contributed by atoms with E-state index in [2.05, 4.69) is 32.3 Å². The second kappa shape index (κ2) is 8.71. The molecule has 1 aromatic heterocycles. The highest BCUT2D eigenvalue weighted by molar-refractivity contribution is 5.60. The number of anilines is 3. The lowest BCUT2D eigenvalue weighted by Crippen LogP contribution is -2.36. The van der Waals surface area contributed by atoms with Crippen LogP contribution in [0.5, 0.6) is 5.75 Å². The van der Waals surface area contributed by atoms with Crippen LogP contribution in [0.25, 0.3) is 0 Å². The molecule has 0 spiro atoms. The molecule has 1 saturated heterocycles. The van der Waals surface area contributed by atoms with Gasteiger partial charge in [0, 0.05) is 24.8 Å². The second-order valence-electron chi connectivity index (χ2n) is 6.68. The molecule has 0 amide bonds. The molecule has 3 aromatic rings. The molecule has 1 aliphatic rings. The molecule has 6 heteroatoms. The molecule has 0 radical (unpaired) electrons. The van der Waals surface area contributed by atoms with Gasteiger partial charge in [-0.15, -0.1) is 0 Å². The van der Waals surface area contributed by atoms with E-state index in [4.69, 9.17) is 9.47 Å². The van der Waals surface area contributed by atoms with Crippen LogP contribution in [0.2, 0.25) is 0 Å². The summed E-state index contributed by atoms with van der Waals surface area (Å²) in [6, 6.07) is 20.0. The third kappa shape index (κ3) is 4.78. The van der Waals surface area contributed by atoms with Crippen molar-refractivity contribution in [1.29, 1.82) is 0 Å². The highest BCUT2D eigenvalue weighted by atomic mass is 16.5. The van der Waals surface area contributed by atoms with Crippen molar-refractivity contribution in [3.05, 3.63) is 72.1 Å². The van der Waals surface area contributed by atoms with Gasteiger partial charge in [0.1, 0.15) is 29.8 Å². The van der Waals surface area contributed by atoms with Gasteiger partial charge in [0.05, 0.1) is 13.2 Å². The van der Waals surface area contributed by atoms with Crippen molar-refractivity contribution in [2.75, 3.05) is 36.5 Å². The fourth-order valence-electron chi connectivity index (χ4n) is 3.09. The summed E-state index contributed by atoms with van der Waals surface area (Å²) in [7, 11) is 0. The van der Waals surface area contributed by atoms with Crippen LogP contribution in [-0.2, 0) is 11.3 Å². The van der Waals surface area contributed by atoms with Crippen molar-refractivity contribution >= 4 is 17.3 Å². The number of rotatable bonds is 6. The van der Waals surface area contributed by atoms with Gasteiger partial charge in [0.15, 0.2) is 0 Å². The van der Waals surface area contributed by atoms with Gasteiger partial charge >= 0.3 is 0 Å². The normalized spacial score (nSPS) is 14.0. The number of morpholine rings is 1. The van der Waals surface area contributed by atoms with E-state index in [1.807, 2.05) is 55.5 Å². The van der Waals surface area contributed by atoms with E-state index in [0.717, 1.165) is 60.8 Å². The van der Waals surface area contributed by atoms with E-state index < -0.39 is 0 Å². The number of aryl methyl sites for hydroxylation is 1. The Kier molecular flexibility index (Phi) is 5.68. The van der Waals surface area contributed by atoms with Crippen LogP contribution in [0.3, 0.4) is 0 Å². The number of hydrogen-bond donors (Lipinski definition) is 1. The van der Waals surface area contributed by atoms with Crippen LogP contribution in [0, 0.1) is 6.92 Å². The van der Waals surface area contributed by atoms with Gasteiger partial charge in [0.2, 0.25) is 0 Å². The first-order valence-electron chi connectivity index (χ1n) is 9.48. The number of benzene rings is 2. The van der Waals surface area contributed by atoms with E-state index in [-0.39, 0.29) is 0 Å². The number of ether oxygens (including phenoxy) is 2. The van der Waals surface area contributed by atoms with Crippen molar-refractivity contribution in [3.63, 3.8) is 0 Å². The van der Waals surface area contributed by atoms with Crippen LogP contribution in [0.15, 0.2) is 60.7 Å². The predicted molar refractivity (Wildman–Crippen MR) is 110 cm³/mol. The van der Waals surface area contributed by atoms with Crippen LogP contribution in [0.1, 0.15) is 11.4 Å². The Bertz CT molecular complexity index is 894. The minimum atomic E-state index is 0.557. The van der Waals surface area contributed by atoms with Crippen LogP contribution in [0.4, 0.5) is 17.3 Å². The van der Waals surface area contributed by atoms with Crippen LogP contribution >= 0.6 is 0 Å². The van der Waals surface area contributed by atoms with Crippen molar-refractivity contribution in [1.82, 2.24) is 9.97 Å². The second-order valence-corrected chi connectivity index (χ2v) is 6.68. The molecule has 28 heavy (non-hydrogen) atoms. The Hall–Kier alpha value is -3.12. The quantitative estimate of drug-likeness (QED) is 0.703. The summed E-state index contributed by atoms with van der Waals surface area (Å²) < 4.78 is 11.3. The molecule has 0 aliphatic carbocycles. The summed E-state index contributed by atoms with van der Waals surface area (Å²) in [5.74, 6) is 3.30. The summed E-state index contributed by atoms with van der Waals surface area (Å²) in [4.78, 5) is 11.3. The maximum absolute atomic E-state index is 5.84. The topological polar surface area (TPSA) is 59.5 Å². The summed E-state index contributed by atoms with van der Waals surface area (Å²) >= 11 is 0. The van der Waals surface area contributed by atoms with Gasteiger partial charge in [-0.25, -0.2) is 9.97 Å². The van der Waals surface area contributed by atoms with Crippen molar-refractivity contribution < 1.29 is 9.47 Å². The largest absolute Gasteiger partial charge is 0.489 e. The summed E-state index contributed by atoms with van der Waals surface area (Å²) in [5.41, 5.74) is 2.11. The van der Waals surface area contributed by atoms with Crippen molar-refractivity contribution in [3.8, 4) is 5.75 Å². The fourth-order valence-corrected chi connectivity index (χ4v) is 3.09. The first-order chi connectivity index (χ1) is 13.8. The molecule has 2 heterocycles. The molecule has 0 unspecified atom stereocenters. The van der Waals surface area contributed by atoms with E-state index >= 15 is 0 Å². The fraction of sp³-hybridized carbons (Fsp3) is 0.273. The lowest BCUT2D eigenvalue weighted by Gasteiger charge is -2.28. The first kappa shape index (κ1) is 18.3. The Morgan fingerprint density at radius 2 is 1.75 bits per heavy atom. The SMILES string of the molecule is Cc1nc(Nc2ccc(OCc3ccccc3)cc2)cc(N2CCOCC2)n1. The van der Waals surface area contributed by atoms with Crippen LogP contribution in [-0.4, -0.2) is 36.3 Å². The molecular formula is C22H24N4O2. The molecule has 0 saturated carbocycles. The predicted octanol–water partition coefficient (Wildman–Crippen LogP) is 3.94. The molecule has 2 aromatic carbocycles. The molecule has 0 atom stereocenters. The van der Waals surface area contributed by atoms with Gasteiger partial charge in [-0.1, -0.05) is 30.3 Å². The maximum atomic E-state index is 5.84. The maximum Gasteiger partial charge on any atom is 0.136 e. The zero-order valence-electron chi connectivity index (χ0n) is 16.0. The molecule has 1 N–H and O–H groups in total. The van der Waals surface area contributed by atoms with Crippen molar-refractivity contribution in [2.24, 2.45) is 0 Å². The Morgan fingerprint density at radius 1 is 1.00 bits per heavy atom. The number of hydrogen-bond acceptors (Lipinski definition) is 6. The van der Waals surface area contributed by atoms with E-state index in [1.54, 1.807) is 0 Å². The zero-order valence-corrected chi connectivity index (χ0v) is 16.0. The van der Waals surface area contributed by atoms with E-state index in [0.29, 0.717) is 6.61 Å². The Balaban J connectivity index is 1.40. The summed E-state index contributed by atoms with van der Waals surface area (Å²) in [5, 5.41) is 3.36. The number of aromatic nitrogens is 2. The van der Waals surface area contributed by atoms with Crippen LogP contribution < -0.4 is 15.0 Å². The van der Waals surface area contributed by atoms with Gasteiger partial charge in [-0.05, 0) is 36.8 Å². The average Bonchev–Trinajstić information content (AvgIpc) is 2.74. The van der Waals surface area contributed by atoms with E-state index in [9.17, 15) is 0 Å². The van der Waals surface area contributed by atoms with E-state index in [1.165, 1.54) is 0 Å². The third-order valence-electron chi connectivity index (χ3n) is 4.53. The molecule has 1 aliphatic heterocycles. The molecular weight excluding hydrogens is 352 g/mol. The molecule has 0 bridgehead atoms. The summed E-state index contributed by atoms with van der Waals surface area (Å²) in [6.07, 6.45) is 0. The minimum absolute atomic E-state index is 0.557.